The summed E-state index contributed by atoms with van der Waals surface area (Å²) in [5, 5.41) is 0. The molecule has 4 rings (SSSR count). The molecule has 0 heterocycles. The van der Waals surface area contributed by atoms with Gasteiger partial charge >= 0.3 is 0 Å². The van der Waals surface area contributed by atoms with Gasteiger partial charge in [0.1, 0.15) is 11.5 Å². The average molecular weight is 393 g/mol. The first kappa shape index (κ1) is 20.3. The minimum absolute atomic E-state index is 0.753. The third-order valence-corrected chi connectivity index (χ3v) is 7.53. The van der Waals surface area contributed by atoms with E-state index in [2.05, 4.69) is 48.5 Å². The molecule has 0 atom stereocenters. The topological polar surface area (TPSA) is 18.5 Å². The monoisotopic (exact) mass is 392 g/mol. The smallest absolute Gasteiger partial charge is 0.118 e. The van der Waals surface area contributed by atoms with Gasteiger partial charge in [-0.3, -0.25) is 0 Å². The molecule has 156 valence electrons. The van der Waals surface area contributed by atoms with Crippen LogP contribution in [-0.2, 0) is 0 Å². The Hall–Kier alpha value is -1.96. The number of hydrogen-bond donors (Lipinski definition) is 0. The minimum atomic E-state index is 0.753. The van der Waals surface area contributed by atoms with Crippen LogP contribution >= 0.6 is 0 Å². The molecule has 0 aliphatic heterocycles. The Morgan fingerprint density at radius 2 is 0.897 bits per heavy atom. The zero-order valence-corrected chi connectivity index (χ0v) is 18.1. The van der Waals surface area contributed by atoms with E-state index in [1.54, 1.807) is 14.2 Å². The van der Waals surface area contributed by atoms with Gasteiger partial charge in [0.15, 0.2) is 0 Å². The summed E-state index contributed by atoms with van der Waals surface area (Å²) in [5.41, 5.74) is 3.01. The first-order valence-corrected chi connectivity index (χ1v) is 11.5. The second-order valence-electron chi connectivity index (χ2n) is 9.22. The summed E-state index contributed by atoms with van der Waals surface area (Å²) in [7, 11) is 3.48. The number of rotatable bonds is 6. The Balaban J connectivity index is 1.21. The van der Waals surface area contributed by atoms with E-state index in [9.17, 15) is 0 Å². The lowest BCUT2D eigenvalue weighted by Crippen LogP contribution is -2.20. The van der Waals surface area contributed by atoms with Gasteiger partial charge in [0.25, 0.3) is 0 Å². The highest BCUT2D eigenvalue weighted by atomic mass is 16.5. The van der Waals surface area contributed by atoms with Gasteiger partial charge in [0, 0.05) is 0 Å². The molecule has 2 saturated carbocycles. The molecule has 2 heteroatoms. The van der Waals surface area contributed by atoms with Gasteiger partial charge in [0.05, 0.1) is 14.2 Å². The Labute approximate surface area is 176 Å². The molecule has 2 aromatic rings. The first-order chi connectivity index (χ1) is 14.2. The van der Waals surface area contributed by atoms with Crippen molar-refractivity contribution in [3.05, 3.63) is 59.7 Å². The van der Waals surface area contributed by atoms with Crippen molar-refractivity contribution < 1.29 is 9.47 Å². The van der Waals surface area contributed by atoms with Crippen LogP contribution in [0.5, 0.6) is 11.5 Å². The van der Waals surface area contributed by atoms with Crippen molar-refractivity contribution >= 4 is 0 Å². The predicted octanol–water partition coefficient (Wildman–Crippen LogP) is 7.34. The van der Waals surface area contributed by atoms with E-state index in [4.69, 9.17) is 9.47 Å². The predicted molar refractivity (Wildman–Crippen MR) is 120 cm³/mol. The summed E-state index contributed by atoms with van der Waals surface area (Å²) in [6.07, 6.45) is 12.5. The van der Waals surface area contributed by atoms with Crippen LogP contribution in [0.2, 0.25) is 0 Å². The lowest BCUT2D eigenvalue weighted by molar-refractivity contribution is 0.224. The number of methoxy groups -OCH3 is 2. The van der Waals surface area contributed by atoms with Crippen LogP contribution in [0.3, 0.4) is 0 Å². The molecule has 0 spiro atoms. The quantitative estimate of drug-likeness (QED) is 0.512. The molecule has 0 radical (unpaired) electrons. The van der Waals surface area contributed by atoms with Gasteiger partial charge in [-0.05, 0) is 117 Å². The summed E-state index contributed by atoms with van der Waals surface area (Å²) in [4.78, 5) is 0. The molecule has 2 aliphatic rings. The summed E-state index contributed by atoms with van der Waals surface area (Å²) in [5.74, 6) is 5.34. The lowest BCUT2D eigenvalue weighted by atomic mass is 9.71. The van der Waals surface area contributed by atoms with Crippen molar-refractivity contribution in [2.24, 2.45) is 11.8 Å². The van der Waals surface area contributed by atoms with Gasteiger partial charge in [-0.2, -0.15) is 0 Å². The molecule has 0 aromatic heterocycles. The number of hydrogen-bond acceptors (Lipinski definition) is 2. The van der Waals surface area contributed by atoms with Crippen LogP contribution in [0.4, 0.5) is 0 Å². The molecule has 0 bridgehead atoms. The number of benzene rings is 2. The average Bonchev–Trinajstić information content (AvgIpc) is 2.80. The highest BCUT2D eigenvalue weighted by Gasteiger charge is 2.28. The third kappa shape index (κ3) is 5.15. The highest BCUT2D eigenvalue weighted by Crippen LogP contribution is 2.43. The van der Waals surface area contributed by atoms with Crippen LogP contribution in [-0.4, -0.2) is 14.2 Å². The second kappa shape index (κ2) is 9.69. The van der Waals surface area contributed by atoms with E-state index in [0.717, 1.165) is 35.2 Å². The van der Waals surface area contributed by atoms with Gasteiger partial charge in [-0.1, -0.05) is 24.3 Å². The molecule has 0 unspecified atom stereocenters. The van der Waals surface area contributed by atoms with Crippen molar-refractivity contribution in [1.29, 1.82) is 0 Å². The van der Waals surface area contributed by atoms with E-state index >= 15 is 0 Å². The Morgan fingerprint density at radius 1 is 0.552 bits per heavy atom. The first-order valence-electron chi connectivity index (χ1n) is 11.5. The van der Waals surface area contributed by atoms with E-state index in [1.807, 2.05) is 0 Å². The van der Waals surface area contributed by atoms with Gasteiger partial charge in [-0.25, -0.2) is 0 Å². The zero-order valence-electron chi connectivity index (χ0n) is 18.1. The van der Waals surface area contributed by atoms with E-state index < -0.39 is 0 Å². The standard InChI is InChI=1S/C27H36O2/c1-28-26-15-11-24(12-16-26)22-7-3-20(4-8-22)19-21-5-9-23(10-6-21)25-13-17-27(29-2)18-14-25/h11-18,20-23H,3-10,19H2,1-2H3. The zero-order chi connectivity index (χ0) is 20.1. The molecular weight excluding hydrogens is 356 g/mol. The van der Waals surface area contributed by atoms with E-state index in [-0.39, 0.29) is 0 Å². The fourth-order valence-corrected chi connectivity index (χ4v) is 5.69. The molecule has 2 nitrogen and oxygen atoms in total. The molecule has 29 heavy (non-hydrogen) atoms. The van der Waals surface area contributed by atoms with Gasteiger partial charge in [0.2, 0.25) is 0 Å². The van der Waals surface area contributed by atoms with Crippen molar-refractivity contribution in [3.63, 3.8) is 0 Å². The van der Waals surface area contributed by atoms with Crippen molar-refractivity contribution in [2.75, 3.05) is 14.2 Å². The largest absolute Gasteiger partial charge is 0.497 e. The van der Waals surface area contributed by atoms with Crippen LogP contribution < -0.4 is 9.47 Å². The molecular formula is C27H36O2. The van der Waals surface area contributed by atoms with Crippen LogP contribution in [0.25, 0.3) is 0 Å². The number of ether oxygens (including phenoxy) is 2. The summed E-state index contributed by atoms with van der Waals surface area (Å²) >= 11 is 0. The van der Waals surface area contributed by atoms with Gasteiger partial charge in [-0.15, -0.1) is 0 Å². The highest BCUT2D eigenvalue weighted by molar-refractivity contribution is 5.30. The Morgan fingerprint density at radius 3 is 1.21 bits per heavy atom. The van der Waals surface area contributed by atoms with Crippen LogP contribution in [0.1, 0.15) is 80.8 Å². The third-order valence-electron chi connectivity index (χ3n) is 7.53. The molecule has 2 aliphatic carbocycles. The summed E-state index contributed by atoms with van der Waals surface area (Å²) in [6.45, 7) is 0. The molecule has 0 amide bonds. The molecule has 0 saturated heterocycles. The molecule has 2 fully saturated rings. The molecule has 2 aromatic carbocycles. The normalized spacial score (nSPS) is 27.4. The SMILES string of the molecule is COc1ccc(C2CCC(CC3CCC(c4ccc(OC)cc4)CC3)CC2)cc1. The maximum atomic E-state index is 5.30. The van der Waals surface area contributed by atoms with Crippen LogP contribution in [0, 0.1) is 11.8 Å². The van der Waals surface area contributed by atoms with Crippen molar-refractivity contribution in [1.82, 2.24) is 0 Å². The van der Waals surface area contributed by atoms with Crippen molar-refractivity contribution in [3.8, 4) is 11.5 Å². The van der Waals surface area contributed by atoms with E-state index in [0.29, 0.717) is 0 Å². The van der Waals surface area contributed by atoms with Crippen molar-refractivity contribution in [2.45, 2.75) is 69.6 Å². The Bertz CT molecular complexity index is 668. The fraction of sp³-hybridized carbons (Fsp3) is 0.556. The maximum Gasteiger partial charge on any atom is 0.118 e. The summed E-state index contributed by atoms with van der Waals surface area (Å²) < 4.78 is 10.6. The minimum Gasteiger partial charge on any atom is -0.497 e. The van der Waals surface area contributed by atoms with Gasteiger partial charge < -0.3 is 9.47 Å². The summed E-state index contributed by atoms with van der Waals surface area (Å²) in [6, 6.07) is 17.5. The second-order valence-corrected chi connectivity index (χ2v) is 9.22. The maximum absolute atomic E-state index is 5.30. The molecule has 0 N–H and O–H groups in total. The Kier molecular flexibility index (Phi) is 6.79. The lowest BCUT2D eigenvalue weighted by Gasteiger charge is -2.34. The van der Waals surface area contributed by atoms with Crippen LogP contribution in [0.15, 0.2) is 48.5 Å². The fourth-order valence-electron chi connectivity index (χ4n) is 5.69. The van der Waals surface area contributed by atoms with E-state index in [1.165, 1.54) is 68.9 Å².